The Kier molecular flexibility index (Phi) is 9.25. The fourth-order valence-corrected chi connectivity index (χ4v) is 4.27. The molecular weight excluding hydrogens is 509 g/mol. The summed E-state index contributed by atoms with van der Waals surface area (Å²) in [5.41, 5.74) is 5.25. The summed E-state index contributed by atoms with van der Waals surface area (Å²) in [5, 5.41) is 23.2. The Balaban J connectivity index is 0.00000190. The molecule has 0 saturated heterocycles. The van der Waals surface area contributed by atoms with Gasteiger partial charge in [0.15, 0.2) is 5.82 Å². The summed E-state index contributed by atoms with van der Waals surface area (Å²) in [7, 11) is 1.86. The molecule has 2 aromatic heterocycles. The monoisotopic (exact) mass is 535 g/mol. The maximum atomic E-state index is 13.2. The molecule has 0 fully saturated rings. The van der Waals surface area contributed by atoms with Gasteiger partial charge in [-0.05, 0) is 42.3 Å². The number of rotatable bonds is 7. The first-order chi connectivity index (χ1) is 17.1. The van der Waals surface area contributed by atoms with E-state index < -0.39 is 6.04 Å². The van der Waals surface area contributed by atoms with Crippen molar-refractivity contribution in [1.82, 2.24) is 20.1 Å². The van der Waals surface area contributed by atoms with Crippen molar-refractivity contribution in [3.8, 4) is 17.2 Å². The van der Waals surface area contributed by atoms with Crippen molar-refractivity contribution in [2.75, 3.05) is 17.2 Å². The van der Waals surface area contributed by atoms with Gasteiger partial charge in [-0.3, -0.25) is 9.48 Å². The number of pyridine rings is 1. The third-order valence-corrected chi connectivity index (χ3v) is 6.11. The number of benzene rings is 2. The third-order valence-electron chi connectivity index (χ3n) is 6.11. The number of carbonyl (C=O) groups is 1. The van der Waals surface area contributed by atoms with Crippen LogP contribution in [0.3, 0.4) is 0 Å². The molecule has 0 bridgehead atoms. The van der Waals surface area contributed by atoms with E-state index >= 15 is 0 Å². The SMILES string of the molecule is Cl.Cl.Cn1cc(-c2cnc3c(c2)NC(=O)[C@@H]([C@@H](NCCc2ccc(C#N)cc2)c2ccccc2)N3)cn1. The van der Waals surface area contributed by atoms with Gasteiger partial charge < -0.3 is 16.0 Å². The van der Waals surface area contributed by atoms with Crippen molar-refractivity contribution in [3.63, 3.8) is 0 Å². The number of aryl methyl sites for hydroxylation is 1. The molecule has 0 unspecified atom stereocenters. The van der Waals surface area contributed by atoms with Crippen molar-refractivity contribution in [3.05, 3.63) is 95.9 Å². The molecule has 1 aliphatic rings. The smallest absolute Gasteiger partial charge is 0.249 e. The first-order valence-corrected chi connectivity index (χ1v) is 11.4. The van der Waals surface area contributed by atoms with Crippen LogP contribution < -0.4 is 16.0 Å². The number of fused-ring (bicyclic) bond motifs is 1. The van der Waals surface area contributed by atoms with Gasteiger partial charge in [-0.15, -0.1) is 24.8 Å². The minimum Gasteiger partial charge on any atom is -0.355 e. The van der Waals surface area contributed by atoms with Gasteiger partial charge in [-0.25, -0.2) is 4.98 Å². The molecule has 0 spiro atoms. The number of hydrogen-bond donors (Lipinski definition) is 3. The predicted octanol–water partition coefficient (Wildman–Crippen LogP) is 4.50. The molecule has 3 N–H and O–H groups in total. The molecule has 4 aromatic rings. The van der Waals surface area contributed by atoms with E-state index in [1.807, 2.05) is 73.9 Å². The first-order valence-electron chi connectivity index (χ1n) is 11.4. The maximum absolute atomic E-state index is 13.2. The van der Waals surface area contributed by atoms with Crippen LogP contribution in [0, 0.1) is 11.3 Å². The molecule has 10 heteroatoms. The highest BCUT2D eigenvalue weighted by Gasteiger charge is 2.34. The molecule has 0 aliphatic carbocycles. The Bertz CT molecular complexity index is 1380. The molecule has 190 valence electrons. The number of nitriles is 1. The topological polar surface area (TPSA) is 108 Å². The number of aromatic nitrogens is 3. The van der Waals surface area contributed by atoms with E-state index in [2.05, 4.69) is 32.1 Å². The summed E-state index contributed by atoms with van der Waals surface area (Å²) in [6.07, 6.45) is 6.24. The summed E-state index contributed by atoms with van der Waals surface area (Å²) in [5.74, 6) is 0.513. The quantitative estimate of drug-likeness (QED) is 0.321. The zero-order valence-electron chi connectivity index (χ0n) is 20.1. The molecule has 0 radical (unpaired) electrons. The Morgan fingerprint density at radius 1 is 1.08 bits per heavy atom. The van der Waals surface area contributed by atoms with E-state index in [9.17, 15) is 4.79 Å². The van der Waals surface area contributed by atoms with Crippen LogP contribution in [0.5, 0.6) is 0 Å². The second-order valence-electron chi connectivity index (χ2n) is 8.54. The zero-order valence-corrected chi connectivity index (χ0v) is 21.7. The number of carbonyl (C=O) groups excluding carboxylic acids is 1. The van der Waals surface area contributed by atoms with Crippen molar-refractivity contribution >= 4 is 42.2 Å². The van der Waals surface area contributed by atoms with E-state index in [4.69, 9.17) is 5.26 Å². The van der Waals surface area contributed by atoms with Gasteiger partial charge in [0.05, 0.1) is 29.6 Å². The average Bonchev–Trinajstić information content (AvgIpc) is 3.33. The Hall–Kier alpha value is -3.90. The van der Waals surface area contributed by atoms with Crippen LogP contribution in [0.1, 0.15) is 22.7 Å². The zero-order chi connectivity index (χ0) is 24.2. The highest BCUT2D eigenvalue weighted by molar-refractivity contribution is 6.03. The summed E-state index contributed by atoms with van der Waals surface area (Å²) >= 11 is 0. The second kappa shape index (κ2) is 12.4. The normalized spacial score (nSPS) is 14.6. The average molecular weight is 536 g/mol. The number of amides is 1. The van der Waals surface area contributed by atoms with Crippen LogP contribution in [0.2, 0.25) is 0 Å². The fraction of sp³-hybridized carbons (Fsp3) is 0.185. The highest BCUT2D eigenvalue weighted by atomic mass is 35.5. The second-order valence-corrected chi connectivity index (χ2v) is 8.54. The molecule has 3 heterocycles. The van der Waals surface area contributed by atoms with Gasteiger partial charge in [0.25, 0.3) is 0 Å². The van der Waals surface area contributed by atoms with Crippen molar-refractivity contribution in [2.45, 2.75) is 18.5 Å². The molecule has 2 aromatic carbocycles. The molecule has 0 saturated carbocycles. The summed E-state index contributed by atoms with van der Waals surface area (Å²) < 4.78 is 1.73. The molecule has 1 aliphatic heterocycles. The maximum Gasteiger partial charge on any atom is 0.249 e. The minimum absolute atomic E-state index is 0. The molecule has 2 atom stereocenters. The number of nitrogens with zero attached hydrogens (tertiary/aromatic N) is 4. The number of hydrogen-bond acceptors (Lipinski definition) is 6. The number of nitrogens with one attached hydrogen (secondary N) is 3. The standard InChI is InChI=1S/C27H25N7O.2ClH/c1-34-17-22(16-31-34)21-13-23-26(30-15-21)33-25(27(35)32-23)24(20-5-3-2-4-6-20)29-12-11-18-7-9-19(14-28)10-8-18;;/h2-10,13,15-17,24-25,29H,11-12H2,1H3,(H,30,33)(H,32,35);2*1H/t24-,25+;;/m0../s1. The Morgan fingerprint density at radius 3 is 2.51 bits per heavy atom. The van der Waals surface area contributed by atoms with Crippen LogP contribution in [-0.2, 0) is 18.3 Å². The Morgan fingerprint density at radius 2 is 1.84 bits per heavy atom. The van der Waals surface area contributed by atoms with Gasteiger partial charge in [0, 0.05) is 30.6 Å². The van der Waals surface area contributed by atoms with Crippen LogP contribution in [0.25, 0.3) is 11.1 Å². The molecular formula is C27H27Cl2N7O. The molecule has 5 rings (SSSR count). The lowest BCUT2D eigenvalue weighted by Gasteiger charge is -2.33. The van der Waals surface area contributed by atoms with Crippen LogP contribution in [0.4, 0.5) is 11.5 Å². The molecule has 37 heavy (non-hydrogen) atoms. The van der Waals surface area contributed by atoms with Crippen LogP contribution in [-0.4, -0.2) is 33.3 Å². The first kappa shape index (κ1) is 27.7. The van der Waals surface area contributed by atoms with Gasteiger partial charge in [0.2, 0.25) is 5.91 Å². The number of anilines is 2. The van der Waals surface area contributed by atoms with Gasteiger partial charge >= 0.3 is 0 Å². The predicted molar refractivity (Wildman–Crippen MR) is 149 cm³/mol. The van der Waals surface area contributed by atoms with E-state index in [-0.39, 0.29) is 36.8 Å². The van der Waals surface area contributed by atoms with E-state index in [1.165, 1.54) is 0 Å². The van der Waals surface area contributed by atoms with Crippen molar-refractivity contribution in [2.24, 2.45) is 7.05 Å². The van der Waals surface area contributed by atoms with Crippen LogP contribution >= 0.6 is 24.8 Å². The van der Waals surface area contributed by atoms with E-state index in [1.54, 1.807) is 17.1 Å². The van der Waals surface area contributed by atoms with E-state index in [0.717, 1.165) is 28.7 Å². The lowest BCUT2D eigenvalue weighted by molar-refractivity contribution is -0.117. The fourth-order valence-electron chi connectivity index (χ4n) is 4.27. The summed E-state index contributed by atoms with van der Waals surface area (Å²) in [6, 6.07) is 20.8. The highest BCUT2D eigenvalue weighted by Crippen LogP contribution is 2.32. The van der Waals surface area contributed by atoms with Gasteiger partial charge in [-0.2, -0.15) is 10.4 Å². The van der Waals surface area contributed by atoms with Crippen molar-refractivity contribution < 1.29 is 4.79 Å². The third kappa shape index (κ3) is 6.27. The summed E-state index contributed by atoms with van der Waals surface area (Å²) in [4.78, 5) is 17.8. The van der Waals surface area contributed by atoms with Gasteiger partial charge in [-0.1, -0.05) is 42.5 Å². The summed E-state index contributed by atoms with van der Waals surface area (Å²) in [6.45, 7) is 0.664. The Labute approximate surface area is 227 Å². The molecule has 1 amide bonds. The lowest BCUT2D eigenvalue weighted by atomic mass is 9.96. The molecule has 8 nitrogen and oxygen atoms in total. The van der Waals surface area contributed by atoms with E-state index in [0.29, 0.717) is 23.6 Å². The number of halogens is 2. The lowest BCUT2D eigenvalue weighted by Crippen LogP contribution is -2.48. The largest absolute Gasteiger partial charge is 0.355 e. The van der Waals surface area contributed by atoms with Crippen LogP contribution in [0.15, 0.2) is 79.3 Å². The van der Waals surface area contributed by atoms with Gasteiger partial charge in [0.1, 0.15) is 6.04 Å². The van der Waals surface area contributed by atoms with Crippen molar-refractivity contribution in [1.29, 1.82) is 5.26 Å². The minimum atomic E-state index is -0.539.